The molecule has 0 aromatic heterocycles. The summed E-state index contributed by atoms with van der Waals surface area (Å²) in [6.07, 6.45) is -0.103. The van der Waals surface area contributed by atoms with Gasteiger partial charge in [-0.2, -0.15) is 0 Å². The molecule has 0 aliphatic carbocycles. The summed E-state index contributed by atoms with van der Waals surface area (Å²) in [5, 5.41) is 2.69. The van der Waals surface area contributed by atoms with Gasteiger partial charge in [-0.25, -0.2) is 9.18 Å². The van der Waals surface area contributed by atoms with Gasteiger partial charge in [-0.1, -0.05) is 12.1 Å². The van der Waals surface area contributed by atoms with Crippen LogP contribution in [-0.4, -0.2) is 24.3 Å². The molecule has 0 bridgehead atoms. The lowest BCUT2D eigenvalue weighted by atomic mass is 10.1. The Labute approximate surface area is 127 Å². The van der Waals surface area contributed by atoms with Gasteiger partial charge < -0.3 is 15.8 Å². The average Bonchev–Trinajstić information content (AvgIpc) is 2.31. The summed E-state index contributed by atoms with van der Waals surface area (Å²) in [4.78, 5) is 11.7. The van der Waals surface area contributed by atoms with Crippen LogP contribution in [0.3, 0.4) is 0 Å². The first-order valence-electron chi connectivity index (χ1n) is 6.35. The first kappa shape index (κ1) is 16.9. The van der Waals surface area contributed by atoms with Crippen LogP contribution in [0.2, 0.25) is 0 Å². The number of halogens is 2. The summed E-state index contributed by atoms with van der Waals surface area (Å²) in [5.41, 5.74) is 5.82. The fraction of sp³-hybridized carbons (Fsp3) is 0.500. The molecular formula is C14H20BrFN2O2. The fourth-order valence-electron chi connectivity index (χ4n) is 1.64. The maximum Gasteiger partial charge on any atom is 0.407 e. The third kappa shape index (κ3) is 5.46. The van der Waals surface area contributed by atoms with E-state index in [1.54, 1.807) is 32.9 Å². The van der Waals surface area contributed by atoms with Gasteiger partial charge in [0.1, 0.15) is 11.4 Å². The van der Waals surface area contributed by atoms with Gasteiger partial charge in [0.2, 0.25) is 0 Å². The molecule has 1 aromatic rings. The molecule has 0 saturated carbocycles. The van der Waals surface area contributed by atoms with E-state index in [-0.39, 0.29) is 18.4 Å². The van der Waals surface area contributed by atoms with Crippen LogP contribution in [0.25, 0.3) is 0 Å². The van der Waals surface area contributed by atoms with Gasteiger partial charge >= 0.3 is 6.09 Å². The molecule has 1 aromatic carbocycles. The van der Waals surface area contributed by atoms with E-state index >= 15 is 0 Å². The molecule has 112 valence electrons. The van der Waals surface area contributed by atoms with Crippen LogP contribution in [-0.2, 0) is 11.2 Å². The normalized spacial score (nSPS) is 12.9. The van der Waals surface area contributed by atoms with E-state index in [2.05, 4.69) is 21.2 Å². The minimum absolute atomic E-state index is 0.238. The Hall–Kier alpha value is -1.14. The molecule has 4 nitrogen and oxygen atoms in total. The van der Waals surface area contributed by atoms with Gasteiger partial charge in [0.15, 0.2) is 0 Å². The predicted octanol–water partition coefficient (Wildman–Crippen LogP) is 2.98. The van der Waals surface area contributed by atoms with Crippen molar-refractivity contribution in [1.82, 2.24) is 5.32 Å². The number of carbonyl (C=O) groups excluding carboxylic acids is 1. The summed E-state index contributed by atoms with van der Waals surface area (Å²) in [6, 6.07) is 4.46. The van der Waals surface area contributed by atoms with Gasteiger partial charge in [0, 0.05) is 12.6 Å². The minimum atomic E-state index is -0.567. The molecule has 3 N–H and O–H groups in total. The standard InChI is InChI=1S/C14H20BrFN2O2/c1-14(2,3)20-13(19)18-10(8-17)7-9-5-4-6-11(16)12(9)15/h4-6,10H,7-8,17H2,1-3H3,(H,18,19). The zero-order valence-corrected chi connectivity index (χ0v) is 13.5. The van der Waals surface area contributed by atoms with E-state index in [0.29, 0.717) is 10.9 Å². The van der Waals surface area contributed by atoms with Crippen molar-refractivity contribution < 1.29 is 13.9 Å². The summed E-state index contributed by atoms with van der Waals surface area (Å²) in [7, 11) is 0. The van der Waals surface area contributed by atoms with E-state index in [1.807, 2.05) is 0 Å². The Morgan fingerprint density at radius 1 is 1.50 bits per heavy atom. The van der Waals surface area contributed by atoms with Crippen molar-refractivity contribution in [2.24, 2.45) is 5.73 Å². The Kier molecular flexibility index (Phi) is 5.95. The number of amides is 1. The maximum absolute atomic E-state index is 13.4. The summed E-state index contributed by atoms with van der Waals surface area (Å²) in [5.74, 6) is -0.337. The van der Waals surface area contributed by atoms with Gasteiger partial charge in [0.05, 0.1) is 4.47 Å². The Balaban J connectivity index is 2.68. The number of alkyl carbamates (subject to hydrolysis) is 1. The molecule has 0 radical (unpaired) electrons. The second-order valence-electron chi connectivity index (χ2n) is 5.50. The van der Waals surface area contributed by atoms with Crippen molar-refractivity contribution in [1.29, 1.82) is 0 Å². The number of nitrogens with one attached hydrogen (secondary N) is 1. The lowest BCUT2D eigenvalue weighted by Crippen LogP contribution is -2.44. The van der Waals surface area contributed by atoms with Crippen molar-refractivity contribution in [2.75, 3.05) is 6.54 Å². The zero-order chi connectivity index (χ0) is 15.3. The van der Waals surface area contributed by atoms with Crippen molar-refractivity contribution in [3.05, 3.63) is 34.1 Å². The second-order valence-corrected chi connectivity index (χ2v) is 6.29. The van der Waals surface area contributed by atoms with Gasteiger partial charge in [-0.3, -0.25) is 0 Å². The number of hydrogen-bond donors (Lipinski definition) is 2. The second kappa shape index (κ2) is 7.04. The molecule has 1 amide bonds. The molecule has 0 spiro atoms. The molecule has 0 aliphatic rings. The highest BCUT2D eigenvalue weighted by molar-refractivity contribution is 9.10. The van der Waals surface area contributed by atoms with Crippen LogP contribution in [0, 0.1) is 5.82 Å². The number of ether oxygens (including phenoxy) is 1. The van der Waals surface area contributed by atoms with Crippen LogP contribution < -0.4 is 11.1 Å². The number of benzene rings is 1. The highest BCUT2D eigenvalue weighted by atomic mass is 79.9. The smallest absolute Gasteiger partial charge is 0.407 e. The van der Waals surface area contributed by atoms with Crippen LogP contribution >= 0.6 is 15.9 Å². The van der Waals surface area contributed by atoms with E-state index in [0.717, 1.165) is 5.56 Å². The van der Waals surface area contributed by atoms with E-state index < -0.39 is 11.7 Å². The predicted molar refractivity (Wildman–Crippen MR) is 80.0 cm³/mol. The molecule has 0 heterocycles. The molecule has 6 heteroatoms. The zero-order valence-electron chi connectivity index (χ0n) is 11.9. The number of carbonyl (C=O) groups is 1. The number of nitrogens with two attached hydrogens (primary N) is 1. The summed E-state index contributed by atoms with van der Waals surface area (Å²) < 4.78 is 19.0. The number of hydrogen-bond acceptors (Lipinski definition) is 3. The highest BCUT2D eigenvalue weighted by Gasteiger charge is 2.20. The molecule has 1 unspecified atom stereocenters. The summed E-state index contributed by atoms with van der Waals surface area (Å²) in [6.45, 7) is 5.59. The molecular weight excluding hydrogens is 327 g/mol. The monoisotopic (exact) mass is 346 g/mol. The topological polar surface area (TPSA) is 64.3 Å². The average molecular weight is 347 g/mol. The largest absolute Gasteiger partial charge is 0.444 e. The third-order valence-corrected chi connectivity index (χ3v) is 3.39. The fourth-order valence-corrected chi connectivity index (χ4v) is 2.07. The first-order chi connectivity index (χ1) is 9.23. The quantitative estimate of drug-likeness (QED) is 0.880. The van der Waals surface area contributed by atoms with Crippen molar-refractivity contribution in [3.63, 3.8) is 0 Å². The first-order valence-corrected chi connectivity index (χ1v) is 7.14. The van der Waals surface area contributed by atoms with Crippen molar-refractivity contribution in [3.8, 4) is 0 Å². The molecule has 0 saturated heterocycles. The molecule has 0 aliphatic heterocycles. The lowest BCUT2D eigenvalue weighted by Gasteiger charge is -2.23. The molecule has 0 fully saturated rings. The van der Waals surface area contributed by atoms with Crippen molar-refractivity contribution in [2.45, 2.75) is 38.8 Å². The van der Waals surface area contributed by atoms with Crippen LogP contribution in [0.5, 0.6) is 0 Å². The van der Waals surface area contributed by atoms with Crippen LogP contribution in [0.1, 0.15) is 26.3 Å². The van der Waals surface area contributed by atoms with E-state index in [4.69, 9.17) is 10.5 Å². The minimum Gasteiger partial charge on any atom is -0.444 e. The van der Waals surface area contributed by atoms with Crippen molar-refractivity contribution >= 4 is 22.0 Å². The van der Waals surface area contributed by atoms with Gasteiger partial charge in [-0.15, -0.1) is 0 Å². The van der Waals surface area contributed by atoms with Gasteiger partial charge in [0.25, 0.3) is 0 Å². The Morgan fingerprint density at radius 3 is 2.70 bits per heavy atom. The Morgan fingerprint density at radius 2 is 2.15 bits per heavy atom. The molecule has 1 rings (SSSR count). The van der Waals surface area contributed by atoms with E-state index in [9.17, 15) is 9.18 Å². The number of rotatable bonds is 4. The van der Waals surface area contributed by atoms with Crippen LogP contribution in [0.15, 0.2) is 22.7 Å². The molecule has 20 heavy (non-hydrogen) atoms. The highest BCUT2D eigenvalue weighted by Crippen LogP contribution is 2.21. The summed E-state index contributed by atoms with van der Waals surface area (Å²) >= 11 is 3.19. The maximum atomic E-state index is 13.4. The lowest BCUT2D eigenvalue weighted by molar-refractivity contribution is 0.0506. The molecule has 1 atom stereocenters. The Bertz CT molecular complexity index is 475. The SMILES string of the molecule is CC(C)(C)OC(=O)NC(CN)Cc1cccc(F)c1Br. The van der Waals surface area contributed by atoms with E-state index in [1.165, 1.54) is 6.07 Å². The van der Waals surface area contributed by atoms with Gasteiger partial charge in [-0.05, 0) is 54.8 Å². The van der Waals surface area contributed by atoms with Crippen LogP contribution in [0.4, 0.5) is 9.18 Å². The third-order valence-electron chi connectivity index (χ3n) is 2.50.